The average Bonchev–Trinajstić information content (AvgIpc) is 3.02. The lowest BCUT2D eigenvalue weighted by Gasteiger charge is -2.13. The Hall–Kier alpha value is -3.67. The molecule has 5 nitrogen and oxygen atoms in total. The summed E-state index contributed by atoms with van der Waals surface area (Å²) in [5, 5.41) is 2.37. The molecule has 146 valence electrons. The number of fused-ring (bicyclic) bond motifs is 2. The molecule has 4 rings (SSSR count). The molecule has 0 saturated carbocycles. The maximum Gasteiger partial charge on any atom is 0.355 e. The number of ether oxygens (including phenoxy) is 1. The van der Waals surface area contributed by atoms with Crippen molar-refractivity contribution in [2.75, 3.05) is 6.61 Å². The van der Waals surface area contributed by atoms with Crippen LogP contribution in [0.5, 0.6) is 0 Å². The van der Waals surface area contributed by atoms with E-state index < -0.39 is 17.7 Å². The molecule has 4 aromatic rings. The first kappa shape index (κ1) is 18.7. The number of esters is 1. The van der Waals surface area contributed by atoms with Gasteiger partial charge in [-0.3, -0.25) is 4.79 Å². The molecule has 0 bridgehead atoms. The number of benzene rings is 3. The van der Waals surface area contributed by atoms with Crippen LogP contribution < -0.4 is 5.73 Å². The number of hydrogen-bond donors (Lipinski definition) is 1. The van der Waals surface area contributed by atoms with E-state index in [1.165, 1.54) is 12.1 Å². The highest BCUT2D eigenvalue weighted by Crippen LogP contribution is 2.30. The summed E-state index contributed by atoms with van der Waals surface area (Å²) in [6, 6.07) is 17.8. The molecule has 0 saturated heterocycles. The van der Waals surface area contributed by atoms with Crippen LogP contribution in [-0.2, 0) is 11.3 Å². The van der Waals surface area contributed by atoms with Gasteiger partial charge in [-0.15, -0.1) is 0 Å². The van der Waals surface area contributed by atoms with E-state index in [4.69, 9.17) is 10.5 Å². The van der Waals surface area contributed by atoms with Crippen LogP contribution in [0.15, 0.2) is 60.7 Å². The third kappa shape index (κ3) is 3.23. The minimum atomic E-state index is -0.805. The van der Waals surface area contributed by atoms with Gasteiger partial charge in [-0.25, -0.2) is 9.18 Å². The molecule has 0 atom stereocenters. The van der Waals surface area contributed by atoms with Crippen molar-refractivity contribution in [3.63, 3.8) is 0 Å². The van der Waals surface area contributed by atoms with Gasteiger partial charge in [0.15, 0.2) is 0 Å². The summed E-state index contributed by atoms with van der Waals surface area (Å²) in [7, 11) is 0. The lowest BCUT2D eigenvalue weighted by Crippen LogP contribution is -2.20. The van der Waals surface area contributed by atoms with E-state index in [-0.39, 0.29) is 17.9 Å². The number of primary amides is 1. The Morgan fingerprint density at radius 3 is 2.55 bits per heavy atom. The van der Waals surface area contributed by atoms with Crippen LogP contribution in [0, 0.1) is 5.82 Å². The van der Waals surface area contributed by atoms with Gasteiger partial charge in [0.1, 0.15) is 11.5 Å². The summed E-state index contributed by atoms with van der Waals surface area (Å²) in [5.41, 5.74) is 7.07. The standard InChI is InChI=1S/C23H19FN2O3/c1-2-29-23(28)21-20(22(25)27)18-12-16(24)10-11-19(18)26(21)13-15-8-5-7-14-6-3-4-9-17(14)15/h3-12H,2,13H2,1H3,(H2,25,27). The molecule has 0 spiro atoms. The Morgan fingerprint density at radius 2 is 1.79 bits per heavy atom. The number of hydrogen-bond acceptors (Lipinski definition) is 3. The zero-order chi connectivity index (χ0) is 20.5. The van der Waals surface area contributed by atoms with Crippen LogP contribution in [0.4, 0.5) is 4.39 Å². The van der Waals surface area contributed by atoms with Crippen molar-refractivity contribution in [2.45, 2.75) is 13.5 Å². The third-order valence-corrected chi connectivity index (χ3v) is 4.95. The molecule has 3 aromatic carbocycles. The first-order valence-corrected chi connectivity index (χ1v) is 9.26. The lowest BCUT2D eigenvalue weighted by atomic mass is 10.0. The van der Waals surface area contributed by atoms with E-state index in [0.29, 0.717) is 17.4 Å². The molecule has 1 amide bonds. The monoisotopic (exact) mass is 390 g/mol. The number of carbonyl (C=O) groups excluding carboxylic acids is 2. The molecule has 2 N–H and O–H groups in total. The van der Waals surface area contributed by atoms with Crippen molar-refractivity contribution in [1.29, 1.82) is 0 Å². The Bertz CT molecular complexity index is 1250. The van der Waals surface area contributed by atoms with E-state index in [2.05, 4.69) is 0 Å². The van der Waals surface area contributed by atoms with Gasteiger partial charge in [-0.2, -0.15) is 0 Å². The molecule has 1 aromatic heterocycles. The summed E-state index contributed by atoms with van der Waals surface area (Å²) < 4.78 is 20.8. The summed E-state index contributed by atoms with van der Waals surface area (Å²) in [6.45, 7) is 2.12. The number of aromatic nitrogens is 1. The van der Waals surface area contributed by atoms with Gasteiger partial charge in [0.25, 0.3) is 5.91 Å². The van der Waals surface area contributed by atoms with E-state index >= 15 is 0 Å². The first-order valence-electron chi connectivity index (χ1n) is 9.26. The SMILES string of the molecule is CCOC(=O)c1c(C(N)=O)c2cc(F)ccc2n1Cc1cccc2ccccc12. The van der Waals surface area contributed by atoms with Crippen molar-refractivity contribution in [1.82, 2.24) is 4.57 Å². The fourth-order valence-electron chi connectivity index (χ4n) is 3.75. The van der Waals surface area contributed by atoms with Crippen molar-refractivity contribution < 1.29 is 18.7 Å². The largest absolute Gasteiger partial charge is 0.461 e. The molecular weight excluding hydrogens is 371 g/mol. The van der Waals surface area contributed by atoms with E-state index in [1.807, 2.05) is 42.5 Å². The molecule has 0 aliphatic rings. The number of nitrogens with two attached hydrogens (primary N) is 1. The van der Waals surface area contributed by atoms with Gasteiger partial charge in [0.05, 0.1) is 17.7 Å². The van der Waals surface area contributed by atoms with Crippen LogP contribution >= 0.6 is 0 Å². The fourth-order valence-corrected chi connectivity index (χ4v) is 3.75. The Labute approximate surface area is 166 Å². The third-order valence-electron chi connectivity index (χ3n) is 4.95. The van der Waals surface area contributed by atoms with Gasteiger partial charge in [0, 0.05) is 11.9 Å². The highest BCUT2D eigenvalue weighted by atomic mass is 19.1. The van der Waals surface area contributed by atoms with Crippen LogP contribution in [-0.4, -0.2) is 23.1 Å². The second-order valence-corrected chi connectivity index (χ2v) is 6.69. The maximum absolute atomic E-state index is 13.9. The van der Waals surface area contributed by atoms with E-state index in [9.17, 15) is 14.0 Å². The molecule has 1 heterocycles. The molecule has 0 radical (unpaired) electrons. The summed E-state index contributed by atoms with van der Waals surface area (Å²) in [4.78, 5) is 25.0. The highest BCUT2D eigenvalue weighted by molar-refractivity contribution is 6.14. The summed E-state index contributed by atoms with van der Waals surface area (Å²) in [5.74, 6) is -1.99. The zero-order valence-electron chi connectivity index (χ0n) is 15.8. The number of halogens is 1. The van der Waals surface area contributed by atoms with Gasteiger partial charge in [-0.05, 0) is 41.5 Å². The van der Waals surface area contributed by atoms with Crippen LogP contribution in [0.1, 0.15) is 33.3 Å². The normalized spacial score (nSPS) is 11.1. The Morgan fingerprint density at radius 1 is 1.03 bits per heavy atom. The minimum absolute atomic E-state index is 0.0295. The zero-order valence-corrected chi connectivity index (χ0v) is 15.8. The second-order valence-electron chi connectivity index (χ2n) is 6.69. The van der Waals surface area contributed by atoms with Crippen LogP contribution in [0.3, 0.4) is 0 Å². The molecule has 0 fully saturated rings. The van der Waals surface area contributed by atoms with Gasteiger partial charge < -0.3 is 15.0 Å². The fraction of sp³-hybridized carbons (Fsp3) is 0.130. The summed E-state index contributed by atoms with van der Waals surface area (Å²) in [6.07, 6.45) is 0. The number of nitrogens with zero attached hydrogens (tertiary/aromatic N) is 1. The predicted molar refractivity (Wildman–Crippen MR) is 109 cm³/mol. The van der Waals surface area contributed by atoms with Crippen molar-refractivity contribution >= 4 is 33.6 Å². The smallest absolute Gasteiger partial charge is 0.355 e. The predicted octanol–water partition coefficient (Wildman–Crippen LogP) is 4.26. The minimum Gasteiger partial charge on any atom is -0.461 e. The van der Waals surface area contributed by atoms with Crippen LogP contribution in [0.2, 0.25) is 0 Å². The van der Waals surface area contributed by atoms with Crippen molar-refractivity contribution in [3.8, 4) is 0 Å². The lowest BCUT2D eigenvalue weighted by molar-refractivity contribution is 0.0511. The molecule has 6 heteroatoms. The number of amides is 1. The Balaban J connectivity index is 2.01. The number of rotatable bonds is 5. The average molecular weight is 390 g/mol. The molecule has 29 heavy (non-hydrogen) atoms. The van der Waals surface area contributed by atoms with Crippen LogP contribution in [0.25, 0.3) is 21.7 Å². The second kappa shape index (κ2) is 7.39. The van der Waals surface area contributed by atoms with Crippen molar-refractivity contribution in [2.24, 2.45) is 5.73 Å². The quantitative estimate of drug-likeness (QED) is 0.518. The van der Waals surface area contributed by atoms with E-state index in [0.717, 1.165) is 16.3 Å². The van der Waals surface area contributed by atoms with Gasteiger partial charge in [-0.1, -0.05) is 42.5 Å². The van der Waals surface area contributed by atoms with Crippen molar-refractivity contribution in [3.05, 3.63) is 83.3 Å². The first-order chi connectivity index (χ1) is 14.0. The van der Waals surface area contributed by atoms with Gasteiger partial charge in [0.2, 0.25) is 0 Å². The Kier molecular flexibility index (Phi) is 4.76. The maximum atomic E-state index is 13.9. The molecular formula is C23H19FN2O3. The molecule has 0 aliphatic heterocycles. The van der Waals surface area contributed by atoms with Gasteiger partial charge >= 0.3 is 5.97 Å². The topological polar surface area (TPSA) is 74.3 Å². The molecule has 0 aliphatic carbocycles. The summed E-state index contributed by atoms with van der Waals surface area (Å²) >= 11 is 0. The van der Waals surface area contributed by atoms with E-state index in [1.54, 1.807) is 17.6 Å². The number of carbonyl (C=O) groups is 2. The highest BCUT2D eigenvalue weighted by Gasteiger charge is 2.27. The molecule has 0 unspecified atom stereocenters.